The number of carbonyl (C=O) groups excluding carboxylic acids is 2. The number of hydrogen-bond acceptors (Lipinski definition) is 8. The zero-order chi connectivity index (χ0) is 21.1. The van der Waals surface area contributed by atoms with Gasteiger partial charge in [0.2, 0.25) is 5.78 Å². The van der Waals surface area contributed by atoms with Crippen molar-refractivity contribution in [2.75, 3.05) is 12.3 Å². The highest BCUT2D eigenvalue weighted by Crippen LogP contribution is 2.35. The number of esters is 1. The molecule has 11 heteroatoms. The minimum atomic E-state index is -0.934. The molecule has 0 unspecified atom stereocenters. The number of aromatic nitrogens is 4. The molecule has 0 aromatic carbocycles. The highest BCUT2D eigenvalue weighted by atomic mass is 16.5. The number of nitrogens with two attached hydrogens (primary N) is 1. The van der Waals surface area contributed by atoms with Crippen LogP contribution in [0.25, 0.3) is 0 Å². The molecule has 0 spiro atoms. The van der Waals surface area contributed by atoms with Crippen molar-refractivity contribution in [2.24, 2.45) is 0 Å². The topological polar surface area (TPSA) is 159 Å². The van der Waals surface area contributed by atoms with Gasteiger partial charge in [0.15, 0.2) is 12.3 Å². The number of unbranched alkanes of at least 4 members (excludes halogenated alkanes) is 1. The summed E-state index contributed by atoms with van der Waals surface area (Å²) in [5.41, 5.74) is 3.33. The van der Waals surface area contributed by atoms with Crippen LogP contribution < -0.4 is 22.5 Å². The molecule has 3 N–H and O–H groups in total. The second kappa shape index (κ2) is 8.25. The van der Waals surface area contributed by atoms with Crippen LogP contribution in [0.4, 0.5) is 5.82 Å². The quantitative estimate of drug-likeness (QED) is 0.455. The number of ether oxygens (including phenoxy) is 1. The number of nitrogens with one attached hydrogen (secondary N) is 1. The molecular weight excluding hydrogens is 382 g/mol. The summed E-state index contributed by atoms with van der Waals surface area (Å²) < 4.78 is 7.25. The van der Waals surface area contributed by atoms with Crippen molar-refractivity contribution in [3.05, 3.63) is 54.6 Å². The number of carbonyl (C=O) groups is 2. The molecule has 2 heterocycles. The number of H-pyrrole nitrogens is 1. The fourth-order valence-corrected chi connectivity index (χ4v) is 2.83. The van der Waals surface area contributed by atoms with E-state index in [4.69, 9.17) is 10.5 Å². The Bertz CT molecular complexity index is 1120. The molecule has 0 aliphatic heterocycles. The van der Waals surface area contributed by atoms with Crippen molar-refractivity contribution in [1.29, 1.82) is 0 Å². The molecule has 0 atom stereocenters. The van der Waals surface area contributed by atoms with Crippen LogP contribution in [-0.2, 0) is 11.3 Å². The lowest BCUT2D eigenvalue weighted by molar-refractivity contribution is 0.0465. The second-order valence-electron chi connectivity index (χ2n) is 6.75. The second-order valence-corrected chi connectivity index (χ2v) is 6.75. The van der Waals surface area contributed by atoms with Gasteiger partial charge in [0.1, 0.15) is 11.4 Å². The number of rotatable bonds is 8. The molecule has 0 radical (unpaired) electrons. The molecule has 1 saturated carbocycles. The number of nitrogen functional groups attached to an aromatic ring is 1. The van der Waals surface area contributed by atoms with Crippen molar-refractivity contribution in [3.63, 3.8) is 0 Å². The van der Waals surface area contributed by atoms with Crippen LogP contribution in [0.3, 0.4) is 0 Å². The molecule has 1 fully saturated rings. The lowest BCUT2D eigenvalue weighted by Crippen LogP contribution is -2.36. The van der Waals surface area contributed by atoms with E-state index in [1.54, 1.807) is 0 Å². The molecule has 3 rings (SSSR count). The fourth-order valence-electron chi connectivity index (χ4n) is 2.83. The zero-order valence-electron chi connectivity index (χ0n) is 15.8. The Labute approximate surface area is 164 Å². The average Bonchev–Trinajstić information content (AvgIpc) is 3.50. The third-order valence-electron chi connectivity index (χ3n) is 4.51. The highest BCUT2D eigenvalue weighted by molar-refractivity contribution is 6.02. The summed E-state index contributed by atoms with van der Waals surface area (Å²) in [7, 11) is 0. The van der Waals surface area contributed by atoms with E-state index in [0.717, 1.165) is 23.9 Å². The Morgan fingerprint density at radius 1 is 1.28 bits per heavy atom. The van der Waals surface area contributed by atoms with Crippen LogP contribution >= 0.6 is 0 Å². The van der Waals surface area contributed by atoms with E-state index in [0.29, 0.717) is 13.0 Å². The standard InChI is InChI=1S/C18H21N5O6/c1-2-3-8-22-13(25)7-6-11(21-22)17(27)29-9-12(24)14-15(19)23(10-4-5-10)18(28)20-16(14)26/h6-7,10H,2-5,8-9,19H2,1H3,(H,20,26,28). The first kappa shape index (κ1) is 20.2. The molecule has 1 aliphatic rings. The van der Waals surface area contributed by atoms with Crippen LogP contribution in [0.15, 0.2) is 26.5 Å². The van der Waals surface area contributed by atoms with Gasteiger partial charge in [0.25, 0.3) is 11.1 Å². The predicted molar refractivity (Wildman–Crippen MR) is 102 cm³/mol. The largest absolute Gasteiger partial charge is 0.453 e. The Balaban J connectivity index is 1.75. The maximum absolute atomic E-state index is 12.4. The van der Waals surface area contributed by atoms with Gasteiger partial charge < -0.3 is 10.5 Å². The van der Waals surface area contributed by atoms with Crippen molar-refractivity contribution >= 4 is 17.6 Å². The van der Waals surface area contributed by atoms with Gasteiger partial charge in [-0.3, -0.25) is 23.9 Å². The molecule has 0 bridgehead atoms. The molecule has 0 amide bonds. The van der Waals surface area contributed by atoms with Crippen LogP contribution in [0.5, 0.6) is 0 Å². The lowest BCUT2D eigenvalue weighted by Gasteiger charge is -2.11. The first-order chi connectivity index (χ1) is 13.8. The molecular formula is C18H21N5O6. The SMILES string of the molecule is CCCCn1nc(C(=O)OCC(=O)c2c(N)n(C3CC3)c(=O)[nH]c2=O)ccc1=O. The summed E-state index contributed by atoms with van der Waals surface area (Å²) in [6.07, 6.45) is 3.00. The molecule has 1 aliphatic carbocycles. The first-order valence-electron chi connectivity index (χ1n) is 9.26. The van der Waals surface area contributed by atoms with E-state index < -0.39 is 35.2 Å². The van der Waals surface area contributed by atoms with Gasteiger partial charge in [-0.2, -0.15) is 5.10 Å². The van der Waals surface area contributed by atoms with Gasteiger partial charge in [-0.1, -0.05) is 13.3 Å². The minimum Gasteiger partial charge on any atom is -0.453 e. The number of anilines is 1. The van der Waals surface area contributed by atoms with Crippen LogP contribution in [0, 0.1) is 0 Å². The Kier molecular flexibility index (Phi) is 5.76. The van der Waals surface area contributed by atoms with E-state index >= 15 is 0 Å². The van der Waals surface area contributed by atoms with E-state index in [-0.39, 0.29) is 23.1 Å². The Hall–Kier alpha value is -3.50. The molecule has 2 aromatic heterocycles. The van der Waals surface area contributed by atoms with Gasteiger partial charge in [0.05, 0.1) is 0 Å². The third kappa shape index (κ3) is 4.33. The number of aromatic amines is 1. The van der Waals surface area contributed by atoms with E-state index in [1.165, 1.54) is 16.7 Å². The van der Waals surface area contributed by atoms with Gasteiger partial charge in [-0.15, -0.1) is 0 Å². The number of hydrogen-bond donors (Lipinski definition) is 2. The smallest absolute Gasteiger partial charge is 0.359 e. The summed E-state index contributed by atoms with van der Waals surface area (Å²) in [4.78, 5) is 62.4. The maximum Gasteiger partial charge on any atom is 0.359 e. The molecule has 0 saturated heterocycles. The van der Waals surface area contributed by atoms with Gasteiger partial charge >= 0.3 is 11.7 Å². The fraction of sp³-hybridized carbons (Fsp3) is 0.444. The molecule has 11 nitrogen and oxygen atoms in total. The van der Waals surface area contributed by atoms with Gasteiger partial charge in [-0.25, -0.2) is 14.3 Å². The van der Waals surface area contributed by atoms with Crippen molar-refractivity contribution in [2.45, 2.75) is 45.2 Å². The third-order valence-corrected chi connectivity index (χ3v) is 4.51. The molecule has 154 valence electrons. The van der Waals surface area contributed by atoms with Crippen molar-refractivity contribution < 1.29 is 14.3 Å². The van der Waals surface area contributed by atoms with Crippen LogP contribution in [-0.4, -0.2) is 37.7 Å². The predicted octanol–water partition coefficient (Wildman–Crippen LogP) is -0.150. The summed E-state index contributed by atoms with van der Waals surface area (Å²) in [5.74, 6) is -2.01. The average molecular weight is 403 g/mol. The molecule has 2 aromatic rings. The number of ketones is 1. The summed E-state index contributed by atoms with van der Waals surface area (Å²) in [5, 5.41) is 3.93. The number of Topliss-reactive ketones (excluding diaryl/α,β-unsaturated/α-hetero) is 1. The first-order valence-corrected chi connectivity index (χ1v) is 9.26. The Morgan fingerprint density at radius 3 is 2.66 bits per heavy atom. The highest BCUT2D eigenvalue weighted by Gasteiger charge is 2.30. The Morgan fingerprint density at radius 2 is 2.00 bits per heavy atom. The van der Waals surface area contributed by atoms with Crippen molar-refractivity contribution in [1.82, 2.24) is 19.3 Å². The van der Waals surface area contributed by atoms with Gasteiger partial charge in [-0.05, 0) is 25.3 Å². The van der Waals surface area contributed by atoms with Crippen LogP contribution in [0.1, 0.15) is 59.5 Å². The van der Waals surface area contributed by atoms with E-state index in [1.807, 2.05) is 6.92 Å². The number of aryl methyl sites for hydroxylation is 1. The van der Waals surface area contributed by atoms with E-state index in [2.05, 4.69) is 10.1 Å². The minimum absolute atomic E-state index is 0.140. The number of nitrogens with zero attached hydrogens (tertiary/aromatic N) is 3. The van der Waals surface area contributed by atoms with Gasteiger partial charge in [0, 0.05) is 18.7 Å². The summed E-state index contributed by atoms with van der Waals surface area (Å²) >= 11 is 0. The molecule has 29 heavy (non-hydrogen) atoms. The normalized spacial score (nSPS) is 13.3. The monoisotopic (exact) mass is 403 g/mol. The van der Waals surface area contributed by atoms with E-state index in [9.17, 15) is 24.0 Å². The summed E-state index contributed by atoms with van der Waals surface area (Å²) in [6.45, 7) is 1.54. The van der Waals surface area contributed by atoms with Crippen molar-refractivity contribution in [3.8, 4) is 0 Å². The van der Waals surface area contributed by atoms with Crippen LogP contribution in [0.2, 0.25) is 0 Å². The lowest BCUT2D eigenvalue weighted by atomic mass is 10.2. The summed E-state index contributed by atoms with van der Waals surface area (Å²) in [6, 6.07) is 2.24. The maximum atomic E-state index is 12.4. The zero-order valence-corrected chi connectivity index (χ0v) is 15.8.